The molecule has 1 N–H and O–H groups in total. The first kappa shape index (κ1) is 42.8. The van der Waals surface area contributed by atoms with E-state index in [1.165, 1.54) is 12.2 Å². The molecule has 18 heteroatoms. The van der Waals surface area contributed by atoms with Gasteiger partial charge in [0.05, 0.1) is 99.1 Å². The van der Waals surface area contributed by atoms with Gasteiger partial charge in [0.15, 0.2) is 0 Å². The quantitative estimate of drug-likeness (QED) is 0.0677. The van der Waals surface area contributed by atoms with E-state index in [0.717, 1.165) is 4.90 Å². The van der Waals surface area contributed by atoms with Crippen LogP contribution >= 0.6 is 0 Å². The number of carbonyl (C=O) groups excluding carboxylic acids is 6. The lowest BCUT2D eigenvalue weighted by Crippen LogP contribution is -2.45. The Hall–Kier alpha value is -3.36. The van der Waals surface area contributed by atoms with E-state index in [1.807, 2.05) is 0 Å². The minimum Gasteiger partial charge on any atom is -0.382 e. The first-order valence-corrected chi connectivity index (χ1v) is 16.8. The van der Waals surface area contributed by atoms with Gasteiger partial charge in [-0.1, -0.05) is 0 Å². The lowest BCUT2D eigenvalue weighted by molar-refractivity contribution is -0.199. The number of methoxy groups -OCH3 is 1. The molecule has 1 atom stereocenters. The van der Waals surface area contributed by atoms with Crippen molar-refractivity contribution in [2.24, 2.45) is 0 Å². The predicted octanol–water partition coefficient (Wildman–Crippen LogP) is -0.674. The van der Waals surface area contributed by atoms with Crippen molar-refractivity contribution in [3.63, 3.8) is 0 Å². The van der Waals surface area contributed by atoms with Crippen LogP contribution in [0, 0.1) is 0 Å². The molecule has 1 saturated heterocycles. The zero-order valence-corrected chi connectivity index (χ0v) is 28.8. The molecule has 18 nitrogen and oxygen atoms in total. The van der Waals surface area contributed by atoms with E-state index in [-0.39, 0.29) is 52.0 Å². The smallest absolute Gasteiger partial charge is 0.355 e. The molecule has 2 aliphatic rings. The molecule has 50 heavy (non-hydrogen) atoms. The number of nitrogens with one attached hydrogen (secondary N) is 1. The van der Waals surface area contributed by atoms with Crippen molar-refractivity contribution < 1.29 is 71.5 Å². The molecule has 2 heterocycles. The molecule has 2 rings (SSSR count). The van der Waals surface area contributed by atoms with Crippen LogP contribution < -0.4 is 5.32 Å². The third-order valence-electron chi connectivity index (χ3n) is 6.97. The van der Waals surface area contributed by atoms with Gasteiger partial charge in [0.1, 0.15) is 6.04 Å². The van der Waals surface area contributed by atoms with Crippen LogP contribution in [0.25, 0.3) is 0 Å². The summed E-state index contributed by atoms with van der Waals surface area (Å²) in [7, 11) is 1.62. The van der Waals surface area contributed by atoms with Gasteiger partial charge >= 0.3 is 5.97 Å². The summed E-state index contributed by atoms with van der Waals surface area (Å²) in [4.78, 5) is 78.6. The van der Waals surface area contributed by atoms with Gasteiger partial charge < -0.3 is 48.0 Å². The van der Waals surface area contributed by atoms with Crippen molar-refractivity contribution in [3.8, 4) is 0 Å². The highest BCUT2D eigenvalue weighted by molar-refractivity contribution is 6.12. The van der Waals surface area contributed by atoms with Gasteiger partial charge in [-0.15, -0.1) is 5.06 Å². The Morgan fingerprint density at radius 1 is 0.640 bits per heavy atom. The highest BCUT2D eigenvalue weighted by Gasteiger charge is 2.35. The van der Waals surface area contributed by atoms with Crippen LogP contribution in [0.1, 0.15) is 38.5 Å². The summed E-state index contributed by atoms with van der Waals surface area (Å²) in [6.45, 7) is 6.29. The van der Waals surface area contributed by atoms with Gasteiger partial charge in [0, 0.05) is 45.1 Å². The van der Waals surface area contributed by atoms with Crippen LogP contribution in [-0.2, 0) is 71.5 Å². The topological polar surface area (TPSA) is 204 Å². The summed E-state index contributed by atoms with van der Waals surface area (Å²) in [5.41, 5.74) is 0. The van der Waals surface area contributed by atoms with Gasteiger partial charge in [-0.2, -0.15) is 0 Å². The lowest BCUT2D eigenvalue weighted by Gasteiger charge is -2.20. The van der Waals surface area contributed by atoms with E-state index in [2.05, 4.69) is 5.32 Å². The third-order valence-corrected chi connectivity index (χ3v) is 6.97. The van der Waals surface area contributed by atoms with E-state index in [4.69, 9.17) is 42.7 Å². The molecule has 2 aliphatic heterocycles. The number of rotatable bonds is 32. The van der Waals surface area contributed by atoms with Gasteiger partial charge in [-0.25, -0.2) is 4.79 Å². The Balaban J connectivity index is 1.46. The fraction of sp³-hybridized carbons (Fsp3) is 0.750. The number of hydrogen-bond acceptors (Lipinski definition) is 15. The first-order chi connectivity index (χ1) is 24.3. The van der Waals surface area contributed by atoms with Gasteiger partial charge in [0.25, 0.3) is 23.6 Å². The second-order valence-corrected chi connectivity index (χ2v) is 10.8. The third kappa shape index (κ3) is 19.1. The van der Waals surface area contributed by atoms with Crippen LogP contribution in [0.3, 0.4) is 0 Å². The zero-order valence-electron chi connectivity index (χ0n) is 28.8. The van der Waals surface area contributed by atoms with Crippen LogP contribution in [0.15, 0.2) is 12.2 Å². The summed E-state index contributed by atoms with van der Waals surface area (Å²) in [6.07, 6.45) is 2.94. The summed E-state index contributed by atoms with van der Waals surface area (Å²) in [5, 5.41) is 2.97. The number of unbranched alkanes of at least 4 members (excludes halogenated alkanes) is 1. The van der Waals surface area contributed by atoms with Crippen molar-refractivity contribution >= 4 is 35.5 Å². The molecule has 1 fully saturated rings. The predicted molar refractivity (Wildman–Crippen MR) is 171 cm³/mol. The second-order valence-electron chi connectivity index (χ2n) is 10.8. The number of nitrogens with zero attached hydrogens (tertiary/aromatic N) is 2. The van der Waals surface area contributed by atoms with E-state index in [9.17, 15) is 28.8 Å². The molecule has 0 unspecified atom stereocenters. The Bertz CT molecular complexity index is 1040. The number of imide groups is 2. The van der Waals surface area contributed by atoms with Crippen molar-refractivity contribution in [1.82, 2.24) is 15.3 Å². The average Bonchev–Trinajstić information content (AvgIpc) is 3.60. The van der Waals surface area contributed by atoms with Crippen molar-refractivity contribution in [2.75, 3.05) is 113 Å². The first-order valence-electron chi connectivity index (χ1n) is 16.8. The summed E-state index contributed by atoms with van der Waals surface area (Å²) >= 11 is 0. The molecule has 0 aromatic rings. The second kappa shape index (κ2) is 27.4. The molecule has 0 aliphatic carbocycles. The van der Waals surface area contributed by atoms with Crippen LogP contribution in [-0.4, -0.2) is 164 Å². The summed E-state index contributed by atoms with van der Waals surface area (Å²) < 4.78 is 42.7. The molecular weight excluding hydrogens is 666 g/mol. The van der Waals surface area contributed by atoms with Gasteiger partial charge in [-0.05, 0) is 19.3 Å². The maximum Gasteiger partial charge on any atom is 0.355 e. The summed E-state index contributed by atoms with van der Waals surface area (Å²) in [5.74, 6) is -3.60. The minimum absolute atomic E-state index is 0.0566. The number of carbonyl (C=O) groups is 6. The maximum atomic E-state index is 12.8. The van der Waals surface area contributed by atoms with Crippen molar-refractivity contribution in [3.05, 3.63) is 12.2 Å². The number of ether oxygens (including phenoxy) is 8. The highest BCUT2D eigenvalue weighted by Crippen LogP contribution is 2.15. The monoisotopic (exact) mass is 717 g/mol. The normalized spacial score (nSPS) is 15.1. The van der Waals surface area contributed by atoms with Crippen LogP contribution in [0.5, 0.6) is 0 Å². The molecule has 0 saturated carbocycles. The molecule has 0 radical (unpaired) electrons. The maximum absolute atomic E-state index is 12.8. The molecule has 5 amide bonds. The van der Waals surface area contributed by atoms with Gasteiger partial charge in [-0.3, -0.25) is 28.9 Å². The highest BCUT2D eigenvalue weighted by atomic mass is 16.7. The number of hydrogen-bond donors (Lipinski definition) is 1. The van der Waals surface area contributed by atoms with E-state index < -0.39 is 41.5 Å². The molecular formula is C32H51N3O15. The molecule has 0 spiro atoms. The standard InChI is InChI=1S/C32H51N3O15/c1-42-12-13-44-16-17-46-20-21-48-24-25-49-23-22-47-19-18-45-15-14-43-11-9-27(36)33-26(32(41)50-35-30(39)7-8-31(35)40)4-2-3-10-34-28(37)5-6-29(34)38/h5-6,26H,2-4,7-25H2,1H3,(H,33,36)/t26-/m1/s1. The molecule has 284 valence electrons. The SMILES string of the molecule is COCCOCCOCCOCCOCCOCCOCCOCCC(=O)N[C@H](CCCCN1C(=O)C=CC1=O)C(=O)ON1C(=O)CCC1=O. The lowest BCUT2D eigenvalue weighted by atomic mass is 10.1. The number of amides is 5. The van der Waals surface area contributed by atoms with Crippen LogP contribution in [0.2, 0.25) is 0 Å². The molecule has 0 bridgehead atoms. The summed E-state index contributed by atoms with van der Waals surface area (Å²) in [6, 6.07) is -1.16. The zero-order chi connectivity index (χ0) is 36.2. The largest absolute Gasteiger partial charge is 0.382 e. The fourth-order valence-electron chi connectivity index (χ4n) is 4.33. The Labute approximate surface area is 291 Å². The number of hydroxylamine groups is 2. The van der Waals surface area contributed by atoms with E-state index in [1.54, 1.807) is 7.11 Å². The average molecular weight is 718 g/mol. The molecule has 0 aromatic heterocycles. The Kier molecular flexibility index (Phi) is 23.4. The van der Waals surface area contributed by atoms with Crippen LogP contribution in [0.4, 0.5) is 0 Å². The fourth-order valence-corrected chi connectivity index (χ4v) is 4.33. The molecule has 0 aromatic carbocycles. The Morgan fingerprint density at radius 3 is 1.50 bits per heavy atom. The minimum atomic E-state index is -1.16. The van der Waals surface area contributed by atoms with E-state index in [0.29, 0.717) is 97.2 Å². The Morgan fingerprint density at radius 2 is 1.06 bits per heavy atom. The van der Waals surface area contributed by atoms with Gasteiger partial charge in [0.2, 0.25) is 5.91 Å². The van der Waals surface area contributed by atoms with Crippen molar-refractivity contribution in [1.29, 1.82) is 0 Å². The van der Waals surface area contributed by atoms with E-state index >= 15 is 0 Å². The van der Waals surface area contributed by atoms with Crippen molar-refractivity contribution in [2.45, 2.75) is 44.6 Å².